The van der Waals surface area contributed by atoms with Gasteiger partial charge in [-0.1, -0.05) is 19.3 Å². The monoisotopic (exact) mass is 199 g/mol. The number of esters is 1. The number of hydrogen-bond acceptors (Lipinski definition) is 3. The molecule has 0 aromatic carbocycles. The van der Waals surface area contributed by atoms with Gasteiger partial charge in [0.25, 0.3) is 0 Å². The Morgan fingerprint density at radius 1 is 1.43 bits per heavy atom. The average Bonchev–Trinajstić information content (AvgIpc) is 2.21. The van der Waals surface area contributed by atoms with E-state index in [-0.39, 0.29) is 12.0 Å². The molecule has 14 heavy (non-hydrogen) atoms. The first-order valence-corrected chi connectivity index (χ1v) is 5.63. The minimum atomic E-state index is -0.0877. The largest absolute Gasteiger partial charge is 0.465 e. The predicted octanol–water partition coefficient (Wildman–Crippen LogP) is 1.72. The molecule has 0 amide bonds. The lowest BCUT2D eigenvalue weighted by atomic mass is 9.84. The molecular formula is C11H21NO2. The normalized spacial score (nSPS) is 20.4. The first-order chi connectivity index (χ1) is 6.79. The van der Waals surface area contributed by atoms with Gasteiger partial charge >= 0.3 is 5.97 Å². The van der Waals surface area contributed by atoms with Crippen molar-refractivity contribution in [2.75, 3.05) is 13.7 Å². The highest BCUT2D eigenvalue weighted by atomic mass is 16.5. The SMILES string of the molecule is CCOC(=O)C(NC)C1CCCCC1. The summed E-state index contributed by atoms with van der Waals surface area (Å²) in [5.74, 6) is 0.398. The second-order valence-corrected chi connectivity index (χ2v) is 3.92. The molecule has 1 aliphatic rings. The summed E-state index contributed by atoms with van der Waals surface area (Å²) in [6, 6.07) is -0.0877. The van der Waals surface area contributed by atoms with Crippen LogP contribution in [0.3, 0.4) is 0 Å². The van der Waals surface area contributed by atoms with Crippen LogP contribution in [0.1, 0.15) is 39.0 Å². The highest BCUT2D eigenvalue weighted by molar-refractivity contribution is 5.76. The fraction of sp³-hybridized carbons (Fsp3) is 0.909. The number of nitrogens with one attached hydrogen (secondary N) is 1. The molecule has 3 heteroatoms. The van der Waals surface area contributed by atoms with Gasteiger partial charge < -0.3 is 10.1 Å². The molecule has 1 atom stereocenters. The van der Waals surface area contributed by atoms with Crippen molar-refractivity contribution in [2.24, 2.45) is 5.92 Å². The van der Waals surface area contributed by atoms with Gasteiger partial charge in [-0.3, -0.25) is 4.79 Å². The van der Waals surface area contributed by atoms with Gasteiger partial charge in [-0.05, 0) is 32.7 Å². The zero-order valence-electron chi connectivity index (χ0n) is 9.21. The smallest absolute Gasteiger partial charge is 0.323 e. The Bertz CT molecular complexity index is 176. The molecule has 0 aromatic heterocycles. The molecular weight excluding hydrogens is 178 g/mol. The van der Waals surface area contributed by atoms with Gasteiger partial charge in [0.15, 0.2) is 0 Å². The average molecular weight is 199 g/mol. The molecule has 0 saturated heterocycles. The van der Waals surface area contributed by atoms with Crippen LogP contribution in [0.5, 0.6) is 0 Å². The number of carbonyl (C=O) groups is 1. The Hall–Kier alpha value is -0.570. The van der Waals surface area contributed by atoms with Crippen LogP contribution in [-0.2, 0) is 9.53 Å². The predicted molar refractivity (Wildman–Crippen MR) is 56.1 cm³/mol. The van der Waals surface area contributed by atoms with E-state index in [1.807, 2.05) is 14.0 Å². The molecule has 1 N–H and O–H groups in total. The maximum absolute atomic E-state index is 11.6. The van der Waals surface area contributed by atoms with E-state index in [2.05, 4.69) is 5.32 Å². The molecule has 3 nitrogen and oxygen atoms in total. The number of rotatable bonds is 4. The summed E-state index contributed by atoms with van der Waals surface area (Å²) >= 11 is 0. The Morgan fingerprint density at radius 3 is 2.57 bits per heavy atom. The molecule has 0 bridgehead atoms. The quantitative estimate of drug-likeness (QED) is 0.701. The summed E-state index contributed by atoms with van der Waals surface area (Å²) in [6.07, 6.45) is 6.13. The lowest BCUT2D eigenvalue weighted by Crippen LogP contribution is -2.42. The van der Waals surface area contributed by atoms with Crippen molar-refractivity contribution in [3.8, 4) is 0 Å². The van der Waals surface area contributed by atoms with E-state index in [4.69, 9.17) is 4.74 Å². The van der Waals surface area contributed by atoms with E-state index >= 15 is 0 Å². The summed E-state index contributed by atoms with van der Waals surface area (Å²) in [6.45, 7) is 2.33. The van der Waals surface area contributed by atoms with E-state index in [9.17, 15) is 4.79 Å². The molecule has 0 aromatic rings. The van der Waals surface area contributed by atoms with Crippen molar-refractivity contribution in [2.45, 2.75) is 45.1 Å². The Morgan fingerprint density at radius 2 is 2.07 bits per heavy atom. The first-order valence-electron chi connectivity index (χ1n) is 5.63. The topological polar surface area (TPSA) is 38.3 Å². The van der Waals surface area contributed by atoms with Crippen molar-refractivity contribution < 1.29 is 9.53 Å². The second-order valence-electron chi connectivity index (χ2n) is 3.92. The summed E-state index contributed by atoms with van der Waals surface area (Å²) < 4.78 is 5.05. The highest BCUT2D eigenvalue weighted by Gasteiger charge is 2.28. The van der Waals surface area contributed by atoms with Gasteiger partial charge in [0.1, 0.15) is 6.04 Å². The third kappa shape index (κ3) is 2.98. The molecule has 82 valence electrons. The Balaban J connectivity index is 2.46. The van der Waals surface area contributed by atoms with Crippen LogP contribution in [0.4, 0.5) is 0 Å². The molecule has 0 radical (unpaired) electrons. The zero-order valence-corrected chi connectivity index (χ0v) is 9.21. The van der Waals surface area contributed by atoms with Gasteiger partial charge in [0.2, 0.25) is 0 Å². The van der Waals surface area contributed by atoms with Crippen LogP contribution < -0.4 is 5.32 Å². The molecule has 0 aliphatic heterocycles. The molecule has 1 fully saturated rings. The highest BCUT2D eigenvalue weighted by Crippen LogP contribution is 2.26. The minimum absolute atomic E-state index is 0.0816. The van der Waals surface area contributed by atoms with Crippen LogP contribution in [0, 0.1) is 5.92 Å². The third-order valence-electron chi connectivity index (χ3n) is 2.97. The van der Waals surface area contributed by atoms with Crippen molar-refractivity contribution in [3.63, 3.8) is 0 Å². The van der Waals surface area contributed by atoms with Crippen LogP contribution >= 0.6 is 0 Å². The fourth-order valence-corrected chi connectivity index (χ4v) is 2.25. The van der Waals surface area contributed by atoms with E-state index < -0.39 is 0 Å². The summed E-state index contributed by atoms with van der Waals surface area (Å²) in [5.41, 5.74) is 0. The van der Waals surface area contributed by atoms with E-state index in [0.717, 1.165) is 12.8 Å². The lowest BCUT2D eigenvalue weighted by Gasteiger charge is -2.28. The standard InChI is InChI=1S/C11H21NO2/c1-3-14-11(13)10(12-2)9-7-5-4-6-8-9/h9-10,12H,3-8H2,1-2H3. The van der Waals surface area contributed by atoms with Crippen molar-refractivity contribution in [1.82, 2.24) is 5.32 Å². The van der Waals surface area contributed by atoms with Crippen molar-refractivity contribution >= 4 is 5.97 Å². The van der Waals surface area contributed by atoms with Crippen LogP contribution in [0.2, 0.25) is 0 Å². The molecule has 1 rings (SSSR count). The van der Waals surface area contributed by atoms with Gasteiger partial charge in [-0.15, -0.1) is 0 Å². The third-order valence-corrected chi connectivity index (χ3v) is 2.97. The van der Waals surface area contributed by atoms with Crippen LogP contribution in [0.25, 0.3) is 0 Å². The van der Waals surface area contributed by atoms with E-state index in [1.54, 1.807) is 0 Å². The van der Waals surface area contributed by atoms with Gasteiger partial charge in [-0.2, -0.15) is 0 Å². The minimum Gasteiger partial charge on any atom is -0.465 e. The van der Waals surface area contributed by atoms with Gasteiger partial charge in [0.05, 0.1) is 6.61 Å². The second kappa shape index (κ2) is 6.02. The Kier molecular flexibility index (Phi) is 4.94. The fourth-order valence-electron chi connectivity index (χ4n) is 2.25. The number of likely N-dealkylation sites (N-methyl/N-ethyl adjacent to an activating group) is 1. The summed E-state index contributed by atoms with van der Waals surface area (Å²) in [7, 11) is 1.84. The summed E-state index contributed by atoms with van der Waals surface area (Å²) in [5, 5.41) is 3.08. The van der Waals surface area contributed by atoms with Crippen LogP contribution in [0.15, 0.2) is 0 Å². The zero-order chi connectivity index (χ0) is 10.4. The molecule has 1 aliphatic carbocycles. The number of carbonyl (C=O) groups excluding carboxylic acids is 1. The number of ether oxygens (including phenoxy) is 1. The first kappa shape index (κ1) is 11.5. The van der Waals surface area contributed by atoms with E-state index in [1.165, 1.54) is 19.3 Å². The van der Waals surface area contributed by atoms with E-state index in [0.29, 0.717) is 12.5 Å². The summed E-state index contributed by atoms with van der Waals surface area (Å²) in [4.78, 5) is 11.6. The lowest BCUT2D eigenvalue weighted by molar-refractivity contribution is -0.147. The maximum atomic E-state index is 11.6. The molecule has 1 saturated carbocycles. The Labute approximate surface area is 86.2 Å². The molecule has 1 unspecified atom stereocenters. The number of hydrogen-bond donors (Lipinski definition) is 1. The molecule has 0 heterocycles. The van der Waals surface area contributed by atoms with Crippen molar-refractivity contribution in [3.05, 3.63) is 0 Å². The van der Waals surface area contributed by atoms with Crippen LogP contribution in [-0.4, -0.2) is 25.7 Å². The van der Waals surface area contributed by atoms with Gasteiger partial charge in [-0.25, -0.2) is 0 Å². The van der Waals surface area contributed by atoms with Gasteiger partial charge in [0, 0.05) is 0 Å². The van der Waals surface area contributed by atoms with Crippen molar-refractivity contribution in [1.29, 1.82) is 0 Å². The maximum Gasteiger partial charge on any atom is 0.323 e. The molecule has 0 spiro atoms.